The van der Waals surface area contributed by atoms with Gasteiger partial charge in [0.05, 0.1) is 0 Å². The minimum Gasteiger partial charge on any atom is -0.160 e. The average molecular weight is 268 g/mol. The zero-order valence-corrected chi connectivity index (χ0v) is 10.2. The largest absolute Gasteiger partial charge is 0.442 e. The molecule has 1 radical (unpaired) electrons. The predicted molar refractivity (Wildman–Crippen MR) is 61.7 cm³/mol. The first kappa shape index (κ1) is 13.7. The van der Waals surface area contributed by atoms with Crippen LogP contribution in [0.2, 0.25) is 5.02 Å². The van der Waals surface area contributed by atoms with Gasteiger partial charge in [0.1, 0.15) is 0 Å². The van der Waals surface area contributed by atoms with Crippen LogP contribution in [0, 0.1) is 6.07 Å². The fourth-order valence-corrected chi connectivity index (χ4v) is 2.19. The molecule has 1 unspecified atom stereocenters. The molecule has 0 heterocycles. The Morgan fingerprint density at radius 3 is 2.75 bits per heavy atom. The van der Waals surface area contributed by atoms with Gasteiger partial charge in [-0.15, -0.1) is 0 Å². The monoisotopic (exact) mass is 267 g/mol. The molecular weight excluding hydrogens is 257 g/mol. The number of hydrogen-bond donors (Lipinski definition) is 0. The fraction of sp³-hybridized carbons (Fsp3) is 0.455. The van der Waals surface area contributed by atoms with Gasteiger partial charge in [-0.25, -0.2) is 0 Å². The summed E-state index contributed by atoms with van der Waals surface area (Å²) >= 11 is 5.92. The van der Waals surface area contributed by atoms with Gasteiger partial charge in [-0.1, -0.05) is 24.6 Å². The maximum atomic E-state index is 12.0. The lowest BCUT2D eigenvalue weighted by atomic mass is 10.1. The standard InChI is InChI=1S/C11H11ClF3S/c1-8(16-11(13,14)15)6-7-9-4-2-3-5-10(9)12/h3-5,8H,6-7H2,1H3. The Balaban J connectivity index is 2.43. The Morgan fingerprint density at radius 2 is 2.19 bits per heavy atom. The molecule has 0 aromatic heterocycles. The van der Waals surface area contributed by atoms with Crippen molar-refractivity contribution in [3.05, 3.63) is 34.9 Å². The minimum absolute atomic E-state index is 0.0285. The van der Waals surface area contributed by atoms with Gasteiger partial charge in [0.25, 0.3) is 0 Å². The highest BCUT2D eigenvalue weighted by atomic mass is 35.5. The molecule has 1 rings (SSSR count). The van der Waals surface area contributed by atoms with Crippen LogP contribution in [0.3, 0.4) is 0 Å². The molecule has 0 aliphatic heterocycles. The highest BCUT2D eigenvalue weighted by molar-refractivity contribution is 8.00. The molecule has 0 saturated heterocycles. The molecule has 0 saturated carbocycles. The Hall–Kier alpha value is -0.350. The molecule has 0 fully saturated rings. The minimum atomic E-state index is -4.16. The van der Waals surface area contributed by atoms with E-state index in [1.807, 2.05) is 0 Å². The van der Waals surface area contributed by atoms with Crippen molar-refractivity contribution in [2.24, 2.45) is 0 Å². The third-order valence-electron chi connectivity index (χ3n) is 2.05. The summed E-state index contributed by atoms with van der Waals surface area (Å²) < 4.78 is 36.1. The molecule has 0 amide bonds. The Morgan fingerprint density at radius 1 is 1.50 bits per heavy atom. The van der Waals surface area contributed by atoms with Crippen molar-refractivity contribution in [3.63, 3.8) is 0 Å². The van der Waals surface area contributed by atoms with Crippen molar-refractivity contribution >= 4 is 23.4 Å². The number of thioether (sulfide) groups is 1. The molecule has 5 heteroatoms. The summed E-state index contributed by atoms with van der Waals surface area (Å²) in [6.45, 7) is 1.57. The van der Waals surface area contributed by atoms with E-state index in [1.165, 1.54) is 0 Å². The second-order valence-corrected chi connectivity index (χ2v) is 5.34. The van der Waals surface area contributed by atoms with Crippen LogP contribution in [0.5, 0.6) is 0 Å². The lowest BCUT2D eigenvalue weighted by molar-refractivity contribution is -0.0333. The number of rotatable bonds is 4. The smallest absolute Gasteiger partial charge is 0.160 e. The molecule has 0 spiro atoms. The van der Waals surface area contributed by atoms with Gasteiger partial charge in [0.2, 0.25) is 0 Å². The molecule has 1 aromatic rings. The van der Waals surface area contributed by atoms with Crippen LogP contribution in [0.25, 0.3) is 0 Å². The van der Waals surface area contributed by atoms with Crippen LogP contribution in [-0.2, 0) is 6.42 Å². The Kier molecular flexibility index (Phi) is 4.99. The van der Waals surface area contributed by atoms with Crippen molar-refractivity contribution in [2.45, 2.75) is 30.5 Å². The van der Waals surface area contributed by atoms with E-state index in [9.17, 15) is 13.2 Å². The van der Waals surface area contributed by atoms with Crippen molar-refractivity contribution < 1.29 is 13.2 Å². The highest BCUT2D eigenvalue weighted by Gasteiger charge is 2.30. The molecule has 0 N–H and O–H groups in total. The van der Waals surface area contributed by atoms with Gasteiger partial charge in [0, 0.05) is 10.3 Å². The van der Waals surface area contributed by atoms with Crippen LogP contribution >= 0.6 is 23.4 Å². The summed E-state index contributed by atoms with van der Waals surface area (Å²) in [6, 6.07) is 7.95. The average Bonchev–Trinajstić information content (AvgIpc) is 2.14. The number of aryl methyl sites for hydroxylation is 1. The lowest BCUT2D eigenvalue weighted by Gasteiger charge is -2.13. The van der Waals surface area contributed by atoms with E-state index in [0.717, 1.165) is 5.56 Å². The Labute approximate surface area is 102 Å². The summed E-state index contributed by atoms with van der Waals surface area (Å²) in [5.74, 6) is 0. The van der Waals surface area contributed by atoms with Crippen molar-refractivity contribution in [1.29, 1.82) is 0 Å². The van der Waals surface area contributed by atoms with Crippen molar-refractivity contribution in [1.82, 2.24) is 0 Å². The van der Waals surface area contributed by atoms with Crippen molar-refractivity contribution in [3.8, 4) is 0 Å². The predicted octanol–water partition coefficient (Wildman–Crippen LogP) is 4.71. The maximum absolute atomic E-state index is 12.0. The second kappa shape index (κ2) is 5.82. The van der Waals surface area contributed by atoms with E-state index in [2.05, 4.69) is 6.07 Å². The first-order valence-electron chi connectivity index (χ1n) is 4.77. The van der Waals surface area contributed by atoms with Crippen molar-refractivity contribution in [2.75, 3.05) is 0 Å². The van der Waals surface area contributed by atoms with Gasteiger partial charge >= 0.3 is 5.51 Å². The number of hydrogen-bond acceptors (Lipinski definition) is 1. The molecule has 89 valence electrons. The molecule has 0 bridgehead atoms. The van der Waals surface area contributed by atoms with Gasteiger partial charge < -0.3 is 0 Å². The van der Waals surface area contributed by atoms with Gasteiger partial charge in [-0.2, -0.15) is 13.2 Å². The lowest BCUT2D eigenvalue weighted by Crippen LogP contribution is -2.09. The van der Waals surface area contributed by atoms with E-state index in [4.69, 9.17) is 11.6 Å². The summed E-state index contributed by atoms with van der Waals surface area (Å²) in [6.07, 6.45) is 0.988. The SMILES string of the molecule is CC(CCc1c[c]ccc1Cl)SC(F)(F)F. The molecule has 1 aromatic carbocycles. The third-order valence-corrected chi connectivity index (χ3v) is 3.32. The molecule has 0 nitrogen and oxygen atoms in total. The van der Waals surface area contributed by atoms with Crippen LogP contribution in [-0.4, -0.2) is 10.8 Å². The highest BCUT2D eigenvalue weighted by Crippen LogP contribution is 2.35. The quantitative estimate of drug-likeness (QED) is 0.761. The van der Waals surface area contributed by atoms with Crippen LogP contribution in [0.1, 0.15) is 18.9 Å². The fourth-order valence-electron chi connectivity index (χ4n) is 1.28. The van der Waals surface area contributed by atoms with Gasteiger partial charge in [0.15, 0.2) is 0 Å². The van der Waals surface area contributed by atoms with E-state index in [0.29, 0.717) is 17.9 Å². The summed E-state index contributed by atoms with van der Waals surface area (Å²) in [5.41, 5.74) is -3.31. The van der Waals surface area contributed by atoms with Gasteiger partial charge in [-0.3, -0.25) is 0 Å². The summed E-state index contributed by atoms with van der Waals surface area (Å²) in [5, 5.41) is 0.124. The molecule has 16 heavy (non-hydrogen) atoms. The number of alkyl halides is 3. The second-order valence-electron chi connectivity index (χ2n) is 3.43. The van der Waals surface area contributed by atoms with Crippen LogP contribution in [0.15, 0.2) is 18.2 Å². The van der Waals surface area contributed by atoms with Gasteiger partial charge in [-0.05, 0) is 48.4 Å². The zero-order valence-electron chi connectivity index (χ0n) is 8.64. The maximum Gasteiger partial charge on any atom is 0.442 e. The van der Waals surface area contributed by atoms with E-state index in [-0.39, 0.29) is 11.8 Å². The molecular formula is C11H11ClF3S. The number of halogens is 4. The topological polar surface area (TPSA) is 0 Å². The van der Waals surface area contributed by atoms with E-state index >= 15 is 0 Å². The van der Waals surface area contributed by atoms with E-state index in [1.54, 1.807) is 25.1 Å². The van der Waals surface area contributed by atoms with Crippen LogP contribution in [0.4, 0.5) is 13.2 Å². The summed E-state index contributed by atoms with van der Waals surface area (Å²) in [4.78, 5) is 0. The molecule has 1 atom stereocenters. The Bertz CT molecular complexity index is 338. The normalized spacial score (nSPS) is 13.8. The summed E-state index contributed by atoms with van der Waals surface area (Å²) in [7, 11) is 0. The third kappa shape index (κ3) is 5.12. The van der Waals surface area contributed by atoms with E-state index < -0.39 is 10.8 Å². The first-order chi connectivity index (χ1) is 7.38. The van der Waals surface area contributed by atoms with Crippen LogP contribution < -0.4 is 0 Å². The molecule has 0 aliphatic carbocycles. The molecule has 0 aliphatic rings. The zero-order chi connectivity index (χ0) is 12.2. The number of benzene rings is 1. The first-order valence-corrected chi connectivity index (χ1v) is 6.03.